The van der Waals surface area contributed by atoms with E-state index in [-0.39, 0.29) is 11.7 Å². The van der Waals surface area contributed by atoms with E-state index in [1.54, 1.807) is 13.0 Å². The summed E-state index contributed by atoms with van der Waals surface area (Å²) in [5.74, 6) is -1.46. The molecule has 9 heteroatoms. The van der Waals surface area contributed by atoms with Gasteiger partial charge in [-0.2, -0.15) is 5.10 Å². The van der Waals surface area contributed by atoms with Gasteiger partial charge in [-0.25, -0.2) is 13.9 Å². The van der Waals surface area contributed by atoms with Gasteiger partial charge in [-0.1, -0.05) is 19.3 Å². The van der Waals surface area contributed by atoms with Gasteiger partial charge in [0.15, 0.2) is 6.61 Å². The highest BCUT2D eigenvalue weighted by Crippen LogP contribution is 2.29. The van der Waals surface area contributed by atoms with E-state index in [4.69, 9.17) is 4.74 Å². The number of carbonyl (C=O) groups is 3. The smallest absolute Gasteiger partial charge is 0.332 e. The molecule has 0 aliphatic heterocycles. The van der Waals surface area contributed by atoms with Crippen molar-refractivity contribution in [1.82, 2.24) is 15.1 Å². The van der Waals surface area contributed by atoms with Crippen LogP contribution in [0, 0.1) is 12.7 Å². The molecule has 0 spiro atoms. The summed E-state index contributed by atoms with van der Waals surface area (Å²) in [5.41, 5.74) is 0.152. The van der Waals surface area contributed by atoms with Gasteiger partial charge in [0.25, 0.3) is 5.91 Å². The number of rotatable bonds is 6. The number of halogens is 1. The van der Waals surface area contributed by atoms with Crippen molar-refractivity contribution in [3.63, 3.8) is 0 Å². The fraction of sp³-hybridized carbons (Fsp3) is 0.429. The first-order valence-corrected chi connectivity index (χ1v) is 9.87. The molecule has 1 heterocycles. The molecule has 1 saturated carbocycles. The van der Waals surface area contributed by atoms with Crippen molar-refractivity contribution in [3.05, 3.63) is 41.8 Å². The Labute approximate surface area is 173 Å². The van der Waals surface area contributed by atoms with Crippen LogP contribution in [-0.4, -0.2) is 39.7 Å². The molecule has 0 atom stereocenters. The van der Waals surface area contributed by atoms with Crippen molar-refractivity contribution in [2.45, 2.75) is 51.5 Å². The number of carbonyl (C=O) groups excluding carboxylic acids is 3. The number of hydrogen-bond acceptors (Lipinski definition) is 5. The molecule has 30 heavy (non-hydrogen) atoms. The number of ether oxygens (including phenoxy) is 1. The van der Waals surface area contributed by atoms with Gasteiger partial charge >= 0.3 is 5.97 Å². The molecule has 3 rings (SSSR count). The minimum atomic E-state index is -1.07. The topological polar surface area (TPSA) is 102 Å². The Morgan fingerprint density at radius 2 is 1.83 bits per heavy atom. The number of amides is 2. The normalized spacial score (nSPS) is 15.3. The van der Waals surface area contributed by atoms with Gasteiger partial charge < -0.3 is 15.4 Å². The van der Waals surface area contributed by atoms with Crippen LogP contribution in [0.2, 0.25) is 0 Å². The lowest BCUT2D eigenvalue weighted by molar-refractivity contribution is -0.157. The van der Waals surface area contributed by atoms with Gasteiger partial charge in [0, 0.05) is 13.0 Å². The number of aryl methyl sites for hydroxylation is 1. The van der Waals surface area contributed by atoms with Crippen molar-refractivity contribution in [2.75, 3.05) is 11.9 Å². The van der Waals surface area contributed by atoms with Crippen LogP contribution in [-0.2, 0) is 19.1 Å². The highest BCUT2D eigenvalue weighted by Gasteiger charge is 2.42. The number of aromatic nitrogens is 2. The van der Waals surface area contributed by atoms with Gasteiger partial charge in [-0.3, -0.25) is 9.59 Å². The lowest BCUT2D eigenvalue weighted by atomic mass is 9.81. The maximum atomic E-state index is 13.2. The Bertz CT molecular complexity index is 933. The number of anilines is 1. The van der Waals surface area contributed by atoms with E-state index in [0.29, 0.717) is 30.0 Å². The minimum Gasteiger partial charge on any atom is -0.454 e. The van der Waals surface area contributed by atoms with Crippen LogP contribution in [0.4, 0.5) is 10.2 Å². The number of nitrogens with zero attached hydrogens (tertiary/aromatic N) is 2. The van der Waals surface area contributed by atoms with Crippen LogP contribution in [0.25, 0.3) is 5.69 Å². The van der Waals surface area contributed by atoms with E-state index in [1.165, 1.54) is 35.9 Å². The molecule has 2 aromatic rings. The molecular weight excluding hydrogens is 391 g/mol. The van der Waals surface area contributed by atoms with E-state index < -0.39 is 24.0 Å². The van der Waals surface area contributed by atoms with Gasteiger partial charge in [0.05, 0.1) is 11.4 Å². The lowest BCUT2D eigenvalue weighted by Gasteiger charge is -2.35. The van der Waals surface area contributed by atoms with Gasteiger partial charge in [-0.15, -0.1) is 0 Å². The molecule has 1 aliphatic carbocycles. The monoisotopic (exact) mass is 416 g/mol. The lowest BCUT2D eigenvalue weighted by Crippen LogP contribution is -2.56. The second-order valence-electron chi connectivity index (χ2n) is 7.51. The molecular formula is C21H25FN4O4. The Kier molecular flexibility index (Phi) is 6.49. The second-order valence-corrected chi connectivity index (χ2v) is 7.51. The number of nitrogens with one attached hydrogen (secondary N) is 2. The molecule has 0 saturated heterocycles. The Hall–Kier alpha value is -3.23. The summed E-state index contributed by atoms with van der Waals surface area (Å²) in [7, 11) is 0. The first-order chi connectivity index (χ1) is 14.3. The average molecular weight is 416 g/mol. The molecule has 1 aliphatic rings. The zero-order valence-electron chi connectivity index (χ0n) is 17.0. The molecule has 0 unspecified atom stereocenters. The average Bonchev–Trinajstić information content (AvgIpc) is 3.06. The maximum Gasteiger partial charge on any atom is 0.332 e. The molecule has 2 N–H and O–H groups in total. The number of esters is 1. The number of hydrogen-bond donors (Lipinski definition) is 2. The summed E-state index contributed by atoms with van der Waals surface area (Å²) in [4.78, 5) is 36.6. The van der Waals surface area contributed by atoms with E-state index in [2.05, 4.69) is 15.7 Å². The third-order valence-electron chi connectivity index (χ3n) is 5.02. The summed E-state index contributed by atoms with van der Waals surface area (Å²) < 4.78 is 19.9. The van der Waals surface area contributed by atoms with Crippen LogP contribution in [0.15, 0.2) is 30.3 Å². The number of benzene rings is 1. The highest BCUT2D eigenvalue weighted by molar-refractivity contribution is 5.94. The Morgan fingerprint density at radius 1 is 1.17 bits per heavy atom. The van der Waals surface area contributed by atoms with Crippen molar-refractivity contribution >= 4 is 23.6 Å². The summed E-state index contributed by atoms with van der Waals surface area (Å²) in [6.45, 7) is 2.62. The zero-order valence-corrected chi connectivity index (χ0v) is 17.0. The third-order valence-corrected chi connectivity index (χ3v) is 5.02. The van der Waals surface area contributed by atoms with Crippen molar-refractivity contribution in [2.24, 2.45) is 0 Å². The maximum absolute atomic E-state index is 13.2. The minimum absolute atomic E-state index is 0.308. The molecule has 2 amide bonds. The standard InChI is InChI=1S/C21H25FN4O4/c1-14-12-18(26(25-14)17-8-6-16(22)7-9-17)23-19(28)13-30-20(29)21(24-15(2)27)10-4-3-5-11-21/h6-9,12H,3-5,10-11,13H2,1-2H3,(H,23,28)(H,24,27). The Morgan fingerprint density at radius 3 is 2.47 bits per heavy atom. The van der Waals surface area contributed by atoms with Crippen molar-refractivity contribution in [1.29, 1.82) is 0 Å². The van der Waals surface area contributed by atoms with Gasteiger partial charge in [-0.05, 0) is 44.0 Å². The third kappa shape index (κ3) is 5.03. The van der Waals surface area contributed by atoms with Crippen molar-refractivity contribution < 1.29 is 23.5 Å². The Balaban J connectivity index is 1.65. The van der Waals surface area contributed by atoms with Gasteiger partial charge in [0.1, 0.15) is 17.2 Å². The molecule has 0 bridgehead atoms. The van der Waals surface area contributed by atoms with Crippen LogP contribution in [0.3, 0.4) is 0 Å². The summed E-state index contributed by atoms with van der Waals surface area (Å²) >= 11 is 0. The van der Waals surface area contributed by atoms with Crippen LogP contribution < -0.4 is 10.6 Å². The molecule has 0 radical (unpaired) electrons. The van der Waals surface area contributed by atoms with Crippen LogP contribution in [0.5, 0.6) is 0 Å². The molecule has 1 fully saturated rings. The molecule has 1 aromatic heterocycles. The molecule has 1 aromatic carbocycles. The van der Waals surface area contributed by atoms with Gasteiger partial charge in [0.2, 0.25) is 5.91 Å². The first-order valence-electron chi connectivity index (χ1n) is 9.87. The highest BCUT2D eigenvalue weighted by atomic mass is 19.1. The van der Waals surface area contributed by atoms with E-state index in [1.807, 2.05) is 0 Å². The van der Waals surface area contributed by atoms with E-state index in [0.717, 1.165) is 19.3 Å². The fourth-order valence-corrected chi connectivity index (χ4v) is 3.69. The van der Waals surface area contributed by atoms with E-state index in [9.17, 15) is 18.8 Å². The van der Waals surface area contributed by atoms with Crippen molar-refractivity contribution in [3.8, 4) is 5.69 Å². The first kappa shape index (κ1) is 21.5. The van der Waals surface area contributed by atoms with Crippen LogP contribution >= 0.6 is 0 Å². The quantitative estimate of drug-likeness (QED) is 0.705. The summed E-state index contributed by atoms with van der Waals surface area (Å²) in [6, 6.07) is 7.33. The predicted octanol–water partition coefficient (Wildman–Crippen LogP) is 2.64. The summed E-state index contributed by atoms with van der Waals surface area (Å²) in [6.07, 6.45) is 3.57. The predicted molar refractivity (Wildman–Crippen MR) is 107 cm³/mol. The largest absolute Gasteiger partial charge is 0.454 e. The van der Waals surface area contributed by atoms with E-state index >= 15 is 0 Å². The fourth-order valence-electron chi connectivity index (χ4n) is 3.69. The van der Waals surface area contributed by atoms with Crippen LogP contribution in [0.1, 0.15) is 44.7 Å². The molecule has 8 nitrogen and oxygen atoms in total. The second kappa shape index (κ2) is 9.06. The molecule has 160 valence electrons. The summed E-state index contributed by atoms with van der Waals surface area (Å²) in [5, 5.41) is 9.68. The SMILES string of the molecule is CC(=O)NC1(C(=O)OCC(=O)Nc2cc(C)nn2-c2ccc(F)cc2)CCCCC1. The zero-order chi connectivity index (χ0) is 21.7.